The van der Waals surface area contributed by atoms with Crippen LogP contribution in [0.1, 0.15) is 99.8 Å². The largest absolute Gasteiger partial charge is 0.458 e. The number of rotatable bonds is 21. The first-order chi connectivity index (χ1) is 46.4. The van der Waals surface area contributed by atoms with Crippen LogP contribution in [0.5, 0.6) is 0 Å². The lowest BCUT2D eigenvalue weighted by Crippen LogP contribution is -2.67. The van der Waals surface area contributed by atoms with Crippen LogP contribution in [0.15, 0.2) is 23.3 Å². The highest BCUT2D eigenvalue weighted by atomic mass is 16.8. The maximum atomic E-state index is 14.5. The van der Waals surface area contributed by atoms with Gasteiger partial charge in [0.15, 0.2) is 37.7 Å². The predicted molar refractivity (Wildman–Crippen MR) is 327 cm³/mol. The number of aliphatic hydroxyl groups excluding tert-OH is 16. The minimum Gasteiger partial charge on any atom is -0.458 e. The molecule has 7 saturated heterocycles. The van der Waals surface area contributed by atoms with Crippen molar-refractivity contribution in [2.45, 2.75) is 296 Å². The van der Waals surface area contributed by atoms with E-state index in [9.17, 15) is 86.5 Å². The lowest BCUT2D eigenvalue weighted by atomic mass is 9.44. The molecule has 4 aliphatic carbocycles. The second-order valence-electron chi connectivity index (χ2n) is 30.1. The summed E-state index contributed by atoms with van der Waals surface area (Å²) in [6.45, 7) is 10.0. The quantitative estimate of drug-likeness (QED) is 0.0293. The normalized spacial score (nSPS) is 52.4. The molecule has 32 nitrogen and oxygen atoms in total. The second-order valence-corrected chi connectivity index (χ2v) is 30.1. The second kappa shape index (κ2) is 30.3. The van der Waals surface area contributed by atoms with E-state index in [1.807, 2.05) is 26.8 Å². The van der Waals surface area contributed by atoms with E-state index in [-0.39, 0.29) is 29.6 Å². The third-order valence-corrected chi connectivity index (χ3v) is 24.0. The van der Waals surface area contributed by atoms with Gasteiger partial charge in [0.2, 0.25) is 0 Å². The number of ether oxygens (including phenoxy) is 15. The van der Waals surface area contributed by atoms with E-state index in [1.54, 1.807) is 0 Å². The van der Waals surface area contributed by atoms with E-state index in [0.29, 0.717) is 25.7 Å². The molecule has 11 aliphatic rings. The zero-order chi connectivity index (χ0) is 71.2. The molecule has 0 aromatic rings. The van der Waals surface area contributed by atoms with E-state index in [0.717, 1.165) is 31.3 Å². The Morgan fingerprint density at radius 1 is 0.531 bits per heavy atom. The van der Waals surface area contributed by atoms with E-state index in [4.69, 9.17) is 71.1 Å². The van der Waals surface area contributed by atoms with E-state index in [1.165, 1.54) is 26.7 Å². The Kier molecular flexibility index (Phi) is 23.8. The van der Waals surface area contributed by atoms with Crippen molar-refractivity contribution in [2.24, 2.45) is 39.9 Å². The van der Waals surface area contributed by atoms with E-state index < -0.39 is 245 Å². The molecule has 562 valence electrons. The molecule has 0 radical (unpaired) electrons. The number of cyclic esters (lactones) is 1. The standard InChI is InChI=1S/C66H106O32/c1-25(2)11-10-17-65(7)36-16-18-64(6)30-14-13-29-27(28(30)19-37(71)66(36,64)62(83)98-65)12-15-38(63(29,4)5)93-61-55(43(76)35(24-86-61)92-57-48(81)53(41(74)33(22-69)88-57)95-58-46(79)51(84-8)39(72)31(20-67)89-58)97-56-45(78)44(77)50(26(3)87-56)94-60-49(82)54(42(75)34(23-70)91-60)96-59-47(80)52(85-9)40(73)32(21-68)90-59/h11,19,26-27,29-61,67-82H,10,12-18,20-24H2,1-9H3/t26-,27+,29+,30+,31+,32+,33+,34+,35+,36+,37-,38-,39+,40+,41+,42+,43-,44-,45-,46+,47+,48+,49+,50-,51-,52-,53-,54-,55+,56+,57-,58-,59-,60-,61-,64-,65-,66-/m0/s1. The van der Waals surface area contributed by atoms with Gasteiger partial charge in [-0.1, -0.05) is 44.1 Å². The van der Waals surface area contributed by atoms with Crippen LogP contribution in [-0.2, 0) is 75.8 Å². The summed E-state index contributed by atoms with van der Waals surface area (Å²) in [5, 5.41) is 180. The van der Waals surface area contributed by atoms with Gasteiger partial charge < -0.3 is 153 Å². The van der Waals surface area contributed by atoms with Crippen molar-refractivity contribution in [3.63, 3.8) is 0 Å². The smallest absolute Gasteiger partial charge is 0.316 e. The molecule has 10 fully saturated rings. The highest BCUT2D eigenvalue weighted by molar-refractivity contribution is 5.84. The van der Waals surface area contributed by atoms with Gasteiger partial charge in [-0.3, -0.25) is 4.79 Å². The van der Waals surface area contributed by atoms with Gasteiger partial charge in [0.25, 0.3) is 0 Å². The molecule has 1 spiro atoms. The minimum atomic E-state index is -2.08. The molecule has 0 aromatic carbocycles. The van der Waals surface area contributed by atoms with Crippen molar-refractivity contribution in [3.8, 4) is 0 Å². The fraction of sp³-hybridized carbons (Fsp3) is 0.924. The fourth-order valence-electron chi connectivity index (χ4n) is 18.6. The zero-order valence-corrected chi connectivity index (χ0v) is 56.7. The van der Waals surface area contributed by atoms with Crippen molar-refractivity contribution < 1.29 is 158 Å². The van der Waals surface area contributed by atoms with Crippen LogP contribution in [0.4, 0.5) is 0 Å². The Balaban J connectivity index is 0.831. The summed E-state index contributed by atoms with van der Waals surface area (Å²) < 4.78 is 90.0. The number of esters is 1. The number of aliphatic hydroxyl groups is 16. The Bertz CT molecular complexity index is 2740. The average molecular weight is 1410 g/mol. The molecule has 11 rings (SSSR count). The van der Waals surface area contributed by atoms with Crippen LogP contribution in [0.2, 0.25) is 0 Å². The van der Waals surface area contributed by atoms with Crippen LogP contribution < -0.4 is 0 Å². The molecule has 7 heterocycles. The van der Waals surface area contributed by atoms with Gasteiger partial charge in [-0.05, 0) is 108 Å². The molecule has 7 aliphatic heterocycles. The molecule has 0 amide bonds. The first kappa shape index (κ1) is 76.9. The van der Waals surface area contributed by atoms with Gasteiger partial charge in [0, 0.05) is 20.1 Å². The lowest BCUT2D eigenvalue weighted by molar-refractivity contribution is -0.397. The molecule has 16 N–H and O–H groups in total. The maximum Gasteiger partial charge on any atom is 0.316 e. The highest BCUT2D eigenvalue weighted by Gasteiger charge is 2.78. The summed E-state index contributed by atoms with van der Waals surface area (Å²) in [5.41, 5.74) is -0.835. The number of hydrogen-bond acceptors (Lipinski definition) is 32. The molecular weight excluding hydrogens is 1300 g/mol. The van der Waals surface area contributed by atoms with Gasteiger partial charge >= 0.3 is 5.97 Å². The minimum absolute atomic E-state index is 0.0166. The van der Waals surface area contributed by atoms with E-state index in [2.05, 4.69) is 26.8 Å². The van der Waals surface area contributed by atoms with Crippen molar-refractivity contribution in [3.05, 3.63) is 23.3 Å². The molecular formula is C66H106O32. The monoisotopic (exact) mass is 1410 g/mol. The SMILES string of the molecule is CO[C@@H]1[C@@H](O)[C@H](O[C@@H]2[C@@H](O)[C@H](O[C@@H]3[C@@H](O)[C@H](O)[C@@H](O[C@H]4[C@H](O[C@H]5CC[C@@H]6C7=C[C@H](O)[C@]89C(=O)O[C@@](C)(CCC=C(C)C)[C@H]8CC[C@@]9(C)[C@@H]7CC[C@H]6C5(C)C)OC[C@@H](O[C@@H]5O[C@H](CO)[C@@H](O)[C@H](O[C@@H]6O[C@H](CO)[C@@H](O)[C@H](OC)[C@H]6O)[C@H]5O)[C@@H]4O)O[C@H]3C)O[C@H](CO)[C@H]2O)O[C@H](CO)[C@H]1O. The van der Waals surface area contributed by atoms with Crippen LogP contribution in [0, 0.1) is 39.9 Å². The summed E-state index contributed by atoms with van der Waals surface area (Å²) in [7, 11) is 2.36. The summed E-state index contributed by atoms with van der Waals surface area (Å²) in [4.78, 5) is 14.5. The molecule has 0 bridgehead atoms. The molecule has 3 saturated carbocycles. The summed E-state index contributed by atoms with van der Waals surface area (Å²) in [6, 6.07) is 0. The summed E-state index contributed by atoms with van der Waals surface area (Å²) >= 11 is 0. The molecule has 0 aromatic heterocycles. The van der Waals surface area contributed by atoms with Gasteiger partial charge in [0.05, 0.1) is 51.3 Å². The summed E-state index contributed by atoms with van der Waals surface area (Å²) in [6.07, 6.45) is -41.5. The number of allylic oxidation sites excluding steroid dienone is 3. The topological polar surface area (TPSA) is 479 Å². The Morgan fingerprint density at radius 3 is 1.52 bits per heavy atom. The maximum absolute atomic E-state index is 14.5. The third-order valence-electron chi connectivity index (χ3n) is 24.0. The van der Waals surface area contributed by atoms with E-state index >= 15 is 0 Å². The molecule has 98 heavy (non-hydrogen) atoms. The van der Waals surface area contributed by atoms with Crippen LogP contribution in [0.3, 0.4) is 0 Å². The van der Waals surface area contributed by atoms with Gasteiger partial charge in [0.1, 0.15) is 145 Å². The van der Waals surface area contributed by atoms with Gasteiger partial charge in [-0.15, -0.1) is 0 Å². The number of methoxy groups -OCH3 is 2. The third kappa shape index (κ3) is 13.4. The zero-order valence-electron chi connectivity index (χ0n) is 56.7. The van der Waals surface area contributed by atoms with Crippen LogP contribution >= 0.6 is 0 Å². The van der Waals surface area contributed by atoms with Crippen molar-refractivity contribution in [1.29, 1.82) is 0 Å². The van der Waals surface area contributed by atoms with Crippen LogP contribution in [0.25, 0.3) is 0 Å². The van der Waals surface area contributed by atoms with Gasteiger partial charge in [-0.25, -0.2) is 0 Å². The number of hydrogen-bond donors (Lipinski definition) is 16. The Hall–Kier alpha value is -2.25. The first-order valence-electron chi connectivity index (χ1n) is 34.5. The van der Waals surface area contributed by atoms with Crippen molar-refractivity contribution in [2.75, 3.05) is 47.3 Å². The Morgan fingerprint density at radius 2 is 1.01 bits per heavy atom. The van der Waals surface area contributed by atoms with Crippen LogP contribution in [-0.4, -0.2) is 331 Å². The number of carbonyl (C=O) groups is 1. The van der Waals surface area contributed by atoms with Gasteiger partial charge in [-0.2, -0.15) is 0 Å². The lowest BCUT2D eigenvalue weighted by Gasteiger charge is -2.60. The Labute approximate surface area is 568 Å². The molecule has 32 heteroatoms. The fourth-order valence-corrected chi connectivity index (χ4v) is 18.6. The van der Waals surface area contributed by atoms with Crippen molar-refractivity contribution >= 4 is 5.97 Å². The predicted octanol–water partition coefficient (Wildman–Crippen LogP) is -4.50. The summed E-state index contributed by atoms with van der Waals surface area (Å²) in [5.74, 6) is -0.608. The van der Waals surface area contributed by atoms with Crippen molar-refractivity contribution in [1.82, 2.24) is 0 Å². The average Bonchev–Trinajstić information content (AvgIpc) is 1.48. The first-order valence-corrected chi connectivity index (χ1v) is 34.5. The highest BCUT2D eigenvalue weighted by Crippen LogP contribution is 2.74. The molecule has 38 atom stereocenters. The molecule has 0 unspecified atom stereocenters. The number of carbonyl (C=O) groups excluding carboxylic acids is 1. The number of fused-ring (bicyclic) bond motifs is 4.